The normalized spacial score (nSPS) is 12.0. The Labute approximate surface area is 151 Å². The van der Waals surface area contributed by atoms with Crippen molar-refractivity contribution < 1.29 is 9.59 Å². The second-order valence-electron chi connectivity index (χ2n) is 6.35. The van der Waals surface area contributed by atoms with Gasteiger partial charge in [0.15, 0.2) is 5.69 Å². The Kier molecular flexibility index (Phi) is 4.97. The average Bonchev–Trinajstić information content (AvgIpc) is 3.09. The summed E-state index contributed by atoms with van der Waals surface area (Å²) in [5.41, 5.74) is 1.22. The van der Waals surface area contributed by atoms with E-state index in [1.165, 1.54) is 15.8 Å². The van der Waals surface area contributed by atoms with Crippen LogP contribution in [0.3, 0.4) is 0 Å². The van der Waals surface area contributed by atoms with Gasteiger partial charge in [-0.1, -0.05) is 47.7 Å². The molecule has 1 aromatic heterocycles. The molecule has 134 valence electrons. The van der Waals surface area contributed by atoms with Crippen LogP contribution in [-0.4, -0.2) is 45.8 Å². The molecule has 3 aromatic rings. The molecule has 0 aliphatic heterocycles. The molecule has 0 aliphatic rings. The molecule has 1 atom stereocenters. The van der Waals surface area contributed by atoms with Crippen molar-refractivity contribution in [3.63, 3.8) is 0 Å². The average molecular weight is 351 g/mol. The summed E-state index contributed by atoms with van der Waals surface area (Å²) in [7, 11) is 3.33. The highest BCUT2D eigenvalue weighted by Gasteiger charge is 2.17. The fraction of sp³-hybridized carbons (Fsp3) is 0.263. The van der Waals surface area contributed by atoms with Gasteiger partial charge in [0.05, 0.1) is 12.2 Å². The van der Waals surface area contributed by atoms with Gasteiger partial charge < -0.3 is 10.2 Å². The minimum atomic E-state index is -0.325. The van der Waals surface area contributed by atoms with Crippen LogP contribution < -0.4 is 5.32 Å². The van der Waals surface area contributed by atoms with Crippen molar-refractivity contribution in [1.29, 1.82) is 0 Å². The standard InChI is InChI=1S/C19H21N5O2/c1-13(15-10-6-8-14-7-4-5-9-16(14)15)20-19(26)17-11-24(22-21-17)12-18(25)23(2)3/h4-11,13H,12H2,1-3H3,(H,20,26). The van der Waals surface area contributed by atoms with E-state index in [1.807, 2.05) is 49.4 Å². The third-order valence-electron chi connectivity index (χ3n) is 4.20. The topological polar surface area (TPSA) is 80.1 Å². The third-order valence-corrected chi connectivity index (χ3v) is 4.20. The molecule has 26 heavy (non-hydrogen) atoms. The Balaban J connectivity index is 1.73. The Morgan fingerprint density at radius 2 is 1.88 bits per heavy atom. The van der Waals surface area contributed by atoms with Crippen molar-refractivity contribution in [1.82, 2.24) is 25.2 Å². The largest absolute Gasteiger partial charge is 0.347 e. The Bertz CT molecular complexity index is 943. The molecular formula is C19H21N5O2. The number of hydrogen-bond donors (Lipinski definition) is 1. The zero-order valence-corrected chi connectivity index (χ0v) is 15.0. The minimum Gasteiger partial charge on any atom is -0.347 e. The molecule has 0 fully saturated rings. The van der Waals surface area contributed by atoms with E-state index in [2.05, 4.69) is 15.6 Å². The zero-order valence-electron chi connectivity index (χ0n) is 15.0. The smallest absolute Gasteiger partial charge is 0.273 e. The van der Waals surface area contributed by atoms with Crippen molar-refractivity contribution in [2.75, 3.05) is 14.1 Å². The van der Waals surface area contributed by atoms with Crippen LogP contribution in [-0.2, 0) is 11.3 Å². The van der Waals surface area contributed by atoms with Crippen molar-refractivity contribution in [3.05, 3.63) is 59.9 Å². The maximum absolute atomic E-state index is 12.5. The maximum Gasteiger partial charge on any atom is 0.273 e. The van der Waals surface area contributed by atoms with Crippen LogP contribution >= 0.6 is 0 Å². The van der Waals surface area contributed by atoms with Gasteiger partial charge in [0.25, 0.3) is 5.91 Å². The van der Waals surface area contributed by atoms with Gasteiger partial charge in [0.1, 0.15) is 6.54 Å². The molecule has 0 saturated carbocycles. The first-order valence-corrected chi connectivity index (χ1v) is 8.34. The fourth-order valence-electron chi connectivity index (χ4n) is 2.74. The summed E-state index contributed by atoms with van der Waals surface area (Å²) in [6.07, 6.45) is 1.48. The van der Waals surface area contributed by atoms with Crippen LogP contribution in [0.15, 0.2) is 48.7 Å². The van der Waals surface area contributed by atoms with Crippen molar-refractivity contribution in [3.8, 4) is 0 Å². The van der Waals surface area contributed by atoms with Crippen molar-refractivity contribution in [2.24, 2.45) is 0 Å². The second kappa shape index (κ2) is 7.35. The molecule has 7 heteroatoms. The van der Waals surface area contributed by atoms with E-state index in [-0.39, 0.29) is 30.1 Å². The van der Waals surface area contributed by atoms with Gasteiger partial charge in [-0.05, 0) is 23.3 Å². The van der Waals surface area contributed by atoms with Gasteiger partial charge in [-0.2, -0.15) is 0 Å². The number of carbonyl (C=O) groups is 2. The first-order valence-electron chi connectivity index (χ1n) is 8.34. The van der Waals surface area contributed by atoms with Crippen LogP contribution in [0.1, 0.15) is 29.0 Å². The second-order valence-corrected chi connectivity index (χ2v) is 6.35. The molecule has 0 aliphatic carbocycles. The lowest BCUT2D eigenvalue weighted by atomic mass is 9.99. The van der Waals surface area contributed by atoms with Crippen molar-refractivity contribution >= 4 is 22.6 Å². The molecule has 2 aromatic carbocycles. The SMILES string of the molecule is CC(NC(=O)c1cn(CC(=O)N(C)C)nn1)c1cccc2ccccc12. The molecule has 0 bridgehead atoms. The summed E-state index contributed by atoms with van der Waals surface area (Å²) in [6.45, 7) is 1.98. The van der Waals surface area contributed by atoms with Gasteiger partial charge in [0, 0.05) is 14.1 Å². The van der Waals surface area contributed by atoms with Crippen LogP contribution in [0.4, 0.5) is 0 Å². The summed E-state index contributed by atoms with van der Waals surface area (Å²) in [4.78, 5) is 25.7. The molecule has 3 rings (SSSR count). The number of aromatic nitrogens is 3. The van der Waals surface area contributed by atoms with E-state index in [4.69, 9.17) is 0 Å². The van der Waals surface area contributed by atoms with Crippen LogP contribution in [0.5, 0.6) is 0 Å². The Morgan fingerprint density at radius 3 is 2.65 bits per heavy atom. The number of carbonyl (C=O) groups excluding carboxylic acids is 2. The first kappa shape index (κ1) is 17.6. The lowest BCUT2D eigenvalue weighted by Crippen LogP contribution is -2.27. The summed E-state index contributed by atoms with van der Waals surface area (Å²) < 4.78 is 1.36. The molecule has 1 unspecified atom stereocenters. The third kappa shape index (κ3) is 3.72. The van der Waals surface area contributed by atoms with Crippen LogP contribution in [0.2, 0.25) is 0 Å². The fourth-order valence-corrected chi connectivity index (χ4v) is 2.74. The highest BCUT2D eigenvalue weighted by atomic mass is 16.2. The molecule has 7 nitrogen and oxygen atoms in total. The number of fused-ring (bicyclic) bond motifs is 1. The number of amides is 2. The monoisotopic (exact) mass is 351 g/mol. The zero-order chi connectivity index (χ0) is 18.7. The molecular weight excluding hydrogens is 330 g/mol. The predicted octanol–water partition coefficient (Wildman–Crippen LogP) is 2.01. The molecule has 0 saturated heterocycles. The molecule has 1 heterocycles. The lowest BCUT2D eigenvalue weighted by molar-refractivity contribution is -0.129. The number of nitrogens with one attached hydrogen (secondary N) is 1. The molecule has 1 N–H and O–H groups in total. The maximum atomic E-state index is 12.5. The van der Waals surface area contributed by atoms with Gasteiger partial charge in [-0.15, -0.1) is 5.10 Å². The van der Waals surface area contributed by atoms with E-state index in [9.17, 15) is 9.59 Å². The summed E-state index contributed by atoms with van der Waals surface area (Å²) in [5.74, 6) is -0.444. The molecule has 0 spiro atoms. The van der Waals surface area contributed by atoms with Gasteiger partial charge in [0.2, 0.25) is 5.91 Å². The molecule has 0 radical (unpaired) electrons. The Morgan fingerprint density at radius 1 is 1.15 bits per heavy atom. The van der Waals surface area contributed by atoms with Crippen LogP contribution in [0, 0.1) is 0 Å². The first-order chi connectivity index (χ1) is 12.5. The molecule has 2 amide bonds. The number of nitrogens with zero attached hydrogens (tertiary/aromatic N) is 4. The number of benzene rings is 2. The highest BCUT2D eigenvalue weighted by molar-refractivity contribution is 5.93. The summed E-state index contributed by atoms with van der Waals surface area (Å²) >= 11 is 0. The van der Waals surface area contributed by atoms with Crippen LogP contribution in [0.25, 0.3) is 10.8 Å². The number of hydrogen-bond acceptors (Lipinski definition) is 4. The van der Waals surface area contributed by atoms with E-state index < -0.39 is 0 Å². The van der Waals surface area contributed by atoms with E-state index >= 15 is 0 Å². The summed E-state index contributed by atoms with van der Waals surface area (Å²) in [5, 5.41) is 12.9. The van der Waals surface area contributed by atoms with Crippen molar-refractivity contribution in [2.45, 2.75) is 19.5 Å². The number of likely N-dealkylation sites (N-methyl/N-ethyl adjacent to an activating group) is 1. The predicted molar refractivity (Wildman–Crippen MR) is 98.5 cm³/mol. The summed E-state index contributed by atoms with van der Waals surface area (Å²) in [6, 6.07) is 13.9. The minimum absolute atomic E-state index is 0.0478. The van der Waals surface area contributed by atoms with E-state index in [0.29, 0.717) is 0 Å². The number of rotatable bonds is 5. The Hall–Kier alpha value is -3.22. The van der Waals surface area contributed by atoms with Gasteiger partial charge in [-0.3, -0.25) is 9.59 Å². The van der Waals surface area contributed by atoms with Gasteiger partial charge in [-0.25, -0.2) is 4.68 Å². The highest BCUT2D eigenvalue weighted by Crippen LogP contribution is 2.24. The van der Waals surface area contributed by atoms with E-state index in [1.54, 1.807) is 14.1 Å². The van der Waals surface area contributed by atoms with Gasteiger partial charge >= 0.3 is 0 Å². The van der Waals surface area contributed by atoms with E-state index in [0.717, 1.165) is 16.3 Å². The lowest BCUT2D eigenvalue weighted by Gasteiger charge is -2.15. The quantitative estimate of drug-likeness (QED) is 0.762.